The van der Waals surface area contributed by atoms with E-state index >= 15 is 0 Å². The Morgan fingerprint density at radius 1 is 1.17 bits per heavy atom. The molecule has 3 rings (SSSR count). The van der Waals surface area contributed by atoms with Crippen LogP contribution in [0.2, 0.25) is 0 Å². The third-order valence-corrected chi connectivity index (χ3v) is 4.17. The first kappa shape index (κ1) is 11.7. The lowest BCUT2D eigenvalue weighted by atomic mass is 9.84. The van der Waals surface area contributed by atoms with Crippen LogP contribution >= 0.6 is 0 Å². The maximum absolute atomic E-state index is 12.1. The van der Waals surface area contributed by atoms with E-state index in [0.29, 0.717) is 5.78 Å². The Kier molecular flexibility index (Phi) is 2.86. The van der Waals surface area contributed by atoms with E-state index < -0.39 is 0 Å². The molecule has 96 valence electrons. The number of nitrogens with one attached hydrogen (secondary N) is 1. The van der Waals surface area contributed by atoms with Crippen molar-refractivity contribution < 1.29 is 4.79 Å². The van der Waals surface area contributed by atoms with E-state index in [9.17, 15) is 4.79 Å². The van der Waals surface area contributed by atoms with Gasteiger partial charge in [-0.05, 0) is 31.0 Å². The minimum Gasteiger partial charge on any atom is -0.370 e. The molecule has 2 saturated heterocycles. The van der Waals surface area contributed by atoms with Crippen LogP contribution in [0, 0.1) is 25.7 Å². The standard InChI is InChI=1S/C15H20N2O/c1-10-3-4-11(2)14(5-10)17-8-12-6-16-7-13(9-17)15(12)18/h3-5,12-13,16H,6-9H2,1-2H3. The molecule has 1 aromatic rings. The average molecular weight is 244 g/mol. The minimum absolute atomic E-state index is 0.178. The zero-order valence-corrected chi connectivity index (χ0v) is 11.1. The van der Waals surface area contributed by atoms with Gasteiger partial charge in [-0.2, -0.15) is 0 Å². The number of carbonyl (C=O) groups is 1. The second kappa shape index (κ2) is 4.39. The highest BCUT2D eigenvalue weighted by Gasteiger charge is 2.38. The summed E-state index contributed by atoms with van der Waals surface area (Å²) in [6.45, 7) is 7.70. The maximum Gasteiger partial charge on any atom is 0.145 e. The largest absolute Gasteiger partial charge is 0.370 e. The van der Waals surface area contributed by atoms with Gasteiger partial charge in [0.2, 0.25) is 0 Å². The van der Waals surface area contributed by atoms with Crippen molar-refractivity contribution in [2.24, 2.45) is 11.8 Å². The van der Waals surface area contributed by atoms with Gasteiger partial charge in [0.25, 0.3) is 0 Å². The van der Waals surface area contributed by atoms with E-state index in [1.807, 2.05) is 0 Å². The van der Waals surface area contributed by atoms with Crippen LogP contribution in [0.15, 0.2) is 18.2 Å². The van der Waals surface area contributed by atoms with E-state index in [4.69, 9.17) is 0 Å². The summed E-state index contributed by atoms with van der Waals surface area (Å²) in [6, 6.07) is 6.57. The molecule has 2 fully saturated rings. The van der Waals surface area contributed by atoms with Crippen LogP contribution in [0.1, 0.15) is 11.1 Å². The topological polar surface area (TPSA) is 32.3 Å². The highest BCUT2D eigenvalue weighted by molar-refractivity contribution is 5.87. The molecule has 0 radical (unpaired) electrons. The molecule has 0 spiro atoms. The predicted molar refractivity (Wildman–Crippen MR) is 73.0 cm³/mol. The number of hydrogen-bond acceptors (Lipinski definition) is 3. The first-order valence-corrected chi connectivity index (χ1v) is 6.72. The molecule has 2 atom stereocenters. The molecule has 2 aliphatic rings. The average Bonchev–Trinajstić information content (AvgIpc) is 2.32. The van der Waals surface area contributed by atoms with E-state index in [0.717, 1.165) is 26.2 Å². The summed E-state index contributed by atoms with van der Waals surface area (Å²) in [5, 5.41) is 3.37. The van der Waals surface area contributed by atoms with Crippen molar-refractivity contribution in [1.82, 2.24) is 5.32 Å². The minimum atomic E-state index is 0.178. The fourth-order valence-electron chi connectivity index (χ4n) is 3.14. The number of ketones is 1. The molecule has 2 heterocycles. The van der Waals surface area contributed by atoms with Crippen molar-refractivity contribution in [1.29, 1.82) is 0 Å². The van der Waals surface area contributed by atoms with Crippen molar-refractivity contribution >= 4 is 11.5 Å². The Morgan fingerprint density at radius 3 is 2.50 bits per heavy atom. The third kappa shape index (κ3) is 1.93. The lowest BCUT2D eigenvalue weighted by Gasteiger charge is -2.42. The van der Waals surface area contributed by atoms with Crippen molar-refractivity contribution in [2.75, 3.05) is 31.1 Å². The van der Waals surface area contributed by atoms with Crippen LogP contribution in [0.4, 0.5) is 5.69 Å². The van der Waals surface area contributed by atoms with Gasteiger partial charge in [-0.15, -0.1) is 0 Å². The monoisotopic (exact) mass is 244 g/mol. The number of Topliss-reactive ketones (excluding diaryl/α,β-unsaturated/α-hetero) is 1. The molecule has 2 aliphatic heterocycles. The van der Waals surface area contributed by atoms with Crippen LogP contribution in [0.25, 0.3) is 0 Å². The van der Waals surface area contributed by atoms with Crippen LogP contribution in [0.3, 0.4) is 0 Å². The van der Waals surface area contributed by atoms with Crippen molar-refractivity contribution in [2.45, 2.75) is 13.8 Å². The lowest BCUT2D eigenvalue weighted by Crippen LogP contribution is -2.57. The van der Waals surface area contributed by atoms with E-state index in [1.54, 1.807) is 0 Å². The molecule has 0 aliphatic carbocycles. The van der Waals surface area contributed by atoms with Gasteiger partial charge in [0.1, 0.15) is 5.78 Å². The Bertz CT molecular complexity index is 467. The smallest absolute Gasteiger partial charge is 0.145 e. The number of nitrogens with zero attached hydrogens (tertiary/aromatic N) is 1. The quantitative estimate of drug-likeness (QED) is 0.813. The number of carbonyl (C=O) groups excluding carboxylic acids is 1. The van der Waals surface area contributed by atoms with Gasteiger partial charge in [0.15, 0.2) is 0 Å². The van der Waals surface area contributed by atoms with Gasteiger partial charge in [-0.1, -0.05) is 12.1 Å². The molecular formula is C15H20N2O. The number of piperidine rings is 2. The normalized spacial score (nSPS) is 27.4. The summed E-state index contributed by atoms with van der Waals surface area (Å²) in [4.78, 5) is 14.5. The van der Waals surface area contributed by atoms with E-state index in [-0.39, 0.29) is 11.8 Å². The van der Waals surface area contributed by atoms with Crippen molar-refractivity contribution in [3.05, 3.63) is 29.3 Å². The van der Waals surface area contributed by atoms with Crippen molar-refractivity contribution in [3.63, 3.8) is 0 Å². The summed E-state index contributed by atoms with van der Waals surface area (Å²) < 4.78 is 0. The van der Waals surface area contributed by atoms with Crippen molar-refractivity contribution in [3.8, 4) is 0 Å². The summed E-state index contributed by atoms with van der Waals surface area (Å²) in [5.74, 6) is 0.824. The fourth-order valence-corrected chi connectivity index (χ4v) is 3.14. The molecule has 2 bridgehead atoms. The molecule has 2 unspecified atom stereocenters. The molecule has 1 aromatic carbocycles. The molecular weight excluding hydrogens is 224 g/mol. The fraction of sp³-hybridized carbons (Fsp3) is 0.533. The number of fused-ring (bicyclic) bond motifs is 2. The summed E-state index contributed by atoms with van der Waals surface area (Å²) in [5.41, 5.74) is 3.90. The van der Waals surface area contributed by atoms with Gasteiger partial charge in [-0.3, -0.25) is 4.79 Å². The second-order valence-electron chi connectivity index (χ2n) is 5.65. The Balaban J connectivity index is 1.89. The maximum atomic E-state index is 12.1. The first-order chi connectivity index (χ1) is 8.65. The molecule has 3 nitrogen and oxygen atoms in total. The summed E-state index contributed by atoms with van der Waals surface area (Å²) in [7, 11) is 0. The van der Waals surface area contributed by atoms with Crippen LogP contribution in [-0.4, -0.2) is 32.0 Å². The van der Waals surface area contributed by atoms with Crippen LogP contribution in [0.5, 0.6) is 0 Å². The van der Waals surface area contributed by atoms with Gasteiger partial charge >= 0.3 is 0 Å². The number of anilines is 1. The molecule has 1 N–H and O–H groups in total. The molecule has 0 saturated carbocycles. The predicted octanol–water partition coefficient (Wildman–Crippen LogP) is 1.53. The molecule has 18 heavy (non-hydrogen) atoms. The van der Waals surface area contributed by atoms with Crippen LogP contribution in [-0.2, 0) is 4.79 Å². The number of aryl methyl sites for hydroxylation is 2. The van der Waals surface area contributed by atoms with E-state index in [2.05, 4.69) is 42.3 Å². The Morgan fingerprint density at radius 2 is 1.83 bits per heavy atom. The zero-order chi connectivity index (χ0) is 12.7. The Labute approximate surface area is 108 Å². The van der Waals surface area contributed by atoms with E-state index in [1.165, 1.54) is 16.8 Å². The molecule has 3 heteroatoms. The van der Waals surface area contributed by atoms with Gasteiger partial charge in [0.05, 0.1) is 0 Å². The third-order valence-electron chi connectivity index (χ3n) is 4.17. The number of hydrogen-bond donors (Lipinski definition) is 1. The highest BCUT2D eigenvalue weighted by atomic mass is 16.1. The van der Waals surface area contributed by atoms with Crippen LogP contribution < -0.4 is 10.2 Å². The zero-order valence-electron chi connectivity index (χ0n) is 11.1. The summed E-state index contributed by atoms with van der Waals surface area (Å²) >= 11 is 0. The number of benzene rings is 1. The van der Waals surface area contributed by atoms with Gasteiger partial charge in [0, 0.05) is 43.7 Å². The second-order valence-corrected chi connectivity index (χ2v) is 5.65. The molecule has 0 aromatic heterocycles. The van der Waals surface area contributed by atoms with Gasteiger partial charge < -0.3 is 10.2 Å². The highest BCUT2D eigenvalue weighted by Crippen LogP contribution is 2.29. The lowest BCUT2D eigenvalue weighted by molar-refractivity contribution is -0.129. The number of rotatable bonds is 1. The molecule has 0 amide bonds. The first-order valence-electron chi connectivity index (χ1n) is 6.72. The van der Waals surface area contributed by atoms with Gasteiger partial charge in [-0.25, -0.2) is 0 Å². The SMILES string of the molecule is Cc1ccc(C)c(N2CC3CNCC(C2)C3=O)c1. The Hall–Kier alpha value is -1.35. The summed E-state index contributed by atoms with van der Waals surface area (Å²) in [6.07, 6.45) is 0.